The van der Waals surface area contributed by atoms with Crippen molar-refractivity contribution in [3.63, 3.8) is 0 Å². The Balaban J connectivity index is 1.93. The highest BCUT2D eigenvalue weighted by Gasteiger charge is 2.24. The SMILES string of the molecule is COc1ccc(-c2ccc3c(c2)CC(C(=O)CO)CC3)c(C)c1. The number of ether oxygens (including phenoxy) is 1. The van der Waals surface area contributed by atoms with Crippen molar-refractivity contribution in [3.05, 3.63) is 53.1 Å². The van der Waals surface area contributed by atoms with Crippen LogP contribution in [-0.4, -0.2) is 24.6 Å². The number of carbonyl (C=O) groups is 1. The van der Waals surface area contributed by atoms with Gasteiger partial charge in [-0.05, 0) is 66.1 Å². The summed E-state index contributed by atoms with van der Waals surface area (Å²) in [6, 6.07) is 12.6. The highest BCUT2D eigenvalue weighted by Crippen LogP contribution is 2.32. The molecule has 23 heavy (non-hydrogen) atoms. The molecule has 2 aromatic rings. The van der Waals surface area contributed by atoms with Gasteiger partial charge in [0.05, 0.1) is 7.11 Å². The molecule has 3 nitrogen and oxygen atoms in total. The predicted molar refractivity (Wildman–Crippen MR) is 90.8 cm³/mol. The van der Waals surface area contributed by atoms with Gasteiger partial charge in [-0.15, -0.1) is 0 Å². The van der Waals surface area contributed by atoms with Crippen LogP contribution in [0.15, 0.2) is 36.4 Å². The van der Waals surface area contributed by atoms with Gasteiger partial charge in [0.2, 0.25) is 0 Å². The molecule has 1 aliphatic carbocycles. The van der Waals surface area contributed by atoms with E-state index >= 15 is 0 Å². The van der Waals surface area contributed by atoms with Crippen molar-refractivity contribution < 1.29 is 14.6 Å². The van der Waals surface area contributed by atoms with E-state index in [1.54, 1.807) is 7.11 Å². The molecule has 0 fully saturated rings. The topological polar surface area (TPSA) is 46.5 Å². The number of methoxy groups -OCH3 is 1. The Kier molecular flexibility index (Phi) is 4.49. The lowest BCUT2D eigenvalue weighted by molar-refractivity contribution is -0.125. The van der Waals surface area contributed by atoms with Crippen molar-refractivity contribution in [2.24, 2.45) is 5.92 Å². The highest BCUT2D eigenvalue weighted by molar-refractivity contribution is 5.82. The summed E-state index contributed by atoms with van der Waals surface area (Å²) in [4.78, 5) is 11.8. The first kappa shape index (κ1) is 15.8. The summed E-state index contributed by atoms with van der Waals surface area (Å²) < 4.78 is 5.27. The number of hydrogen-bond donors (Lipinski definition) is 1. The third-order valence-electron chi connectivity index (χ3n) is 4.79. The van der Waals surface area contributed by atoms with Crippen molar-refractivity contribution in [1.82, 2.24) is 0 Å². The number of fused-ring (bicyclic) bond motifs is 1. The molecule has 2 aromatic carbocycles. The number of Topliss-reactive ketones (excluding diaryl/α,β-unsaturated/α-hetero) is 1. The number of carbonyl (C=O) groups excluding carboxylic acids is 1. The largest absolute Gasteiger partial charge is 0.497 e. The Morgan fingerprint density at radius 3 is 2.74 bits per heavy atom. The molecular weight excluding hydrogens is 288 g/mol. The first-order valence-electron chi connectivity index (χ1n) is 8.02. The molecule has 0 aromatic heterocycles. The Morgan fingerprint density at radius 2 is 2.04 bits per heavy atom. The maximum Gasteiger partial charge on any atom is 0.161 e. The van der Waals surface area contributed by atoms with Gasteiger partial charge in [-0.25, -0.2) is 0 Å². The lowest BCUT2D eigenvalue weighted by Crippen LogP contribution is -2.24. The summed E-state index contributed by atoms with van der Waals surface area (Å²) in [5.74, 6) is 0.777. The van der Waals surface area contributed by atoms with E-state index in [0.717, 1.165) is 25.0 Å². The van der Waals surface area contributed by atoms with Crippen LogP contribution in [0.2, 0.25) is 0 Å². The van der Waals surface area contributed by atoms with Crippen LogP contribution in [0.3, 0.4) is 0 Å². The summed E-state index contributed by atoms with van der Waals surface area (Å²) in [6.45, 7) is 1.73. The summed E-state index contributed by atoms with van der Waals surface area (Å²) in [7, 11) is 1.67. The fourth-order valence-electron chi connectivity index (χ4n) is 3.42. The van der Waals surface area contributed by atoms with Crippen LogP contribution in [-0.2, 0) is 17.6 Å². The Bertz CT molecular complexity index is 734. The van der Waals surface area contributed by atoms with Gasteiger partial charge in [0.15, 0.2) is 5.78 Å². The van der Waals surface area contributed by atoms with Crippen LogP contribution < -0.4 is 4.74 Å². The number of hydrogen-bond acceptors (Lipinski definition) is 3. The second kappa shape index (κ2) is 6.55. The number of benzene rings is 2. The molecule has 0 amide bonds. The average Bonchev–Trinajstić information content (AvgIpc) is 2.59. The van der Waals surface area contributed by atoms with E-state index in [1.165, 1.54) is 27.8 Å². The van der Waals surface area contributed by atoms with Crippen LogP contribution >= 0.6 is 0 Å². The second-order valence-electron chi connectivity index (χ2n) is 6.23. The van der Waals surface area contributed by atoms with Crippen LogP contribution in [0.4, 0.5) is 0 Å². The second-order valence-corrected chi connectivity index (χ2v) is 6.23. The molecule has 0 saturated heterocycles. The summed E-state index contributed by atoms with van der Waals surface area (Å²) in [6.07, 6.45) is 2.48. The zero-order valence-corrected chi connectivity index (χ0v) is 13.6. The molecule has 1 N–H and O–H groups in total. The van der Waals surface area contributed by atoms with Crippen molar-refractivity contribution in [2.75, 3.05) is 13.7 Å². The van der Waals surface area contributed by atoms with Gasteiger partial charge in [-0.1, -0.05) is 24.3 Å². The molecule has 1 unspecified atom stereocenters. The summed E-state index contributed by atoms with van der Waals surface area (Å²) in [5, 5.41) is 9.09. The minimum absolute atomic E-state index is 0.0401. The van der Waals surface area contributed by atoms with E-state index < -0.39 is 0 Å². The molecule has 0 aliphatic heterocycles. The number of ketones is 1. The molecule has 3 rings (SSSR count). The molecule has 3 heteroatoms. The normalized spacial score (nSPS) is 16.7. The van der Waals surface area contributed by atoms with E-state index in [4.69, 9.17) is 9.84 Å². The molecule has 0 saturated carbocycles. The quantitative estimate of drug-likeness (QED) is 0.942. The number of aliphatic hydroxyl groups is 1. The number of rotatable bonds is 4. The molecule has 1 aliphatic rings. The van der Waals surface area contributed by atoms with Gasteiger partial charge in [0, 0.05) is 5.92 Å². The Morgan fingerprint density at radius 1 is 1.22 bits per heavy atom. The summed E-state index contributed by atoms with van der Waals surface area (Å²) >= 11 is 0. The van der Waals surface area contributed by atoms with E-state index in [0.29, 0.717) is 0 Å². The van der Waals surface area contributed by atoms with Gasteiger partial charge >= 0.3 is 0 Å². The van der Waals surface area contributed by atoms with Crippen molar-refractivity contribution in [1.29, 1.82) is 0 Å². The van der Waals surface area contributed by atoms with Gasteiger partial charge in [-0.3, -0.25) is 4.79 Å². The zero-order chi connectivity index (χ0) is 16.4. The van der Waals surface area contributed by atoms with E-state index in [9.17, 15) is 4.79 Å². The molecule has 0 spiro atoms. The molecule has 0 radical (unpaired) electrons. The third kappa shape index (κ3) is 3.15. The van der Waals surface area contributed by atoms with Crippen LogP contribution in [0.1, 0.15) is 23.1 Å². The smallest absolute Gasteiger partial charge is 0.161 e. The van der Waals surface area contributed by atoms with Crippen molar-refractivity contribution >= 4 is 5.78 Å². The third-order valence-corrected chi connectivity index (χ3v) is 4.79. The van der Waals surface area contributed by atoms with Crippen LogP contribution in [0, 0.1) is 12.8 Å². The lowest BCUT2D eigenvalue weighted by Gasteiger charge is -2.24. The predicted octanol–water partition coefficient (Wildman–Crippen LogP) is 3.34. The van der Waals surface area contributed by atoms with Crippen molar-refractivity contribution in [3.8, 4) is 16.9 Å². The fraction of sp³-hybridized carbons (Fsp3) is 0.350. The molecule has 1 atom stereocenters. The van der Waals surface area contributed by atoms with Gasteiger partial charge < -0.3 is 9.84 Å². The number of aliphatic hydroxyl groups excluding tert-OH is 1. The number of aryl methyl sites for hydroxylation is 2. The maximum absolute atomic E-state index is 11.8. The average molecular weight is 310 g/mol. The monoisotopic (exact) mass is 310 g/mol. The maximum atomic E-state index is 11.8. The van der Waals surface area contributed by atoms with E-state index in [1.807, 2.05) is 12.1 Å². The molecule has 0 heterocycles. The minimum atomic E-state index is -0.350. The van der Waals surface area contributed by atoms with Crippen LogP contribution in [0.5, 0.6) is 5.75 Å². The highest BCUT2D eigenvalue weighted by atomic mass is 16.5. The summed E-state index contributed by atoms with van der Waals surface area (Å²) in [5.41, 5.74) is 6.07. The van der Waals surface area contributed by atoms with Gasteiger partial charge in [0.1, 0.15) is 12.4 Å². The van der Waals surface area contributed by atoms with Crippen molar-refractivity contribution in [2.45, 2.75) is 26.2 Å². The lowest BCUT2D eigenvalue weighted by atomic mass is 9.80. The standard InChI is InChI=1S/C20H22O3/c1-13-9-18(23-2)7-8-19(13)15-5-3-14-4-6-16(20(22)12-21)11-17(14)10-15/h3,5,7-10,16,21H,4,6,11-12H2,1-2H3. The zero-order valence-electron chi connectivity index (χ0n) is 13.6. The van der Waals surface area contributed by atoms with E-state index in [2.05, 4.69) is 31.2 Å². The Labute approximate surface area is 136 Å². The van der Waals surface area contributed by atoms with Gasteiger partial charge in [-0.2, -0.15) is 0 Å². The molecule has 120 valence electrons. The van der Waals surface area contributed by atoms with Gasteiger partial charge in [0.25, 0.3) is 0 Å². The fourth-order valence-corrected chi connectivity index (χ4v) is 3.42. The van der Waals surface area contributed by atoms with E-state index in [-0.39, 0.29) is 18.3 Å². The Hall–Kier alpha value is -2.13. The van der Waals surface area contributed by atoms with Crippen LogP contribution in [0.25, 0.3) is 11.1 Å². The molecule has 0 bridgehead atoms. The first-order valence-corrected chi connectivity index (χ1v) is 8.02. The first-order chi connectivity index (χ1) is 11.1. The minimum Gasteiger partial charge on any atom is -0.497 e. The molecular formula is C20H22O3.